The van der Waals surface area contributed by atoms with Gasteiger partial charge >= 0.3 is 113 Å². The molecule has 0 amide bonds. The Hall–Kier alpha value is 0.319. The van der Waals surface area contributed by atoms with Crippen LogP contribution in [-0.2, 0) is 0 Å². The van der Waals surface area contributed by atoms with Crippen LogP contribution in [0.5, 0.6) is 0 Å². The van der Waals surface area contributed by atoms with Gasteiger partial charge in [-0.15, -0.1) is 0 Å². The molecule has 0 saturated heterocycles. The number of hydrogen-bond donors (Lipinski definition) is 0. The van der Waals surface area contributed by atoms with Gasteiger partial charge in [0, 0.05) is 0 Å². The molecule has 2 saturated carbocycles. The molecular weight excluding hydrogens is 306 g/mol. The van der Waals surface area contributed by atoms with Crippen molar-refractivity contribution in [3.8, 4) is 0 Å². The first-order valence-corrected chi connectivity index (χ1v) is 8.47. The van der Waals surface area contributed by atoms with Gasteiger partial charge in [-0.2, -0.15) is 0 Å². The second kappa shape index (κ2) is 4.53. The molecule has 0 aromatic heterocycles. The van der Waals surface area contributed by atoms with Crippen molar-refractivity contribution in [3.05, 3.63) is 30.3 Å². The summed E-state index contributed by atoms with van der Waals surface area (Å²) in [6.45, 7) is 0. The van der Waals surface area contributed by atoms with Gasteiger partial charge in [-0.1, -0.05) is 0 Å². The zero-order valence-electron chi connectivity index (χ0n) is 8.85. The number of fused-ring (bicyclic) bond motifs is 2. The van der Waals surface area contributed by atoms with Crippen molar-refractivity contribution in [1.29, 1.82) is 0 Å². The number of hydrogen-bond acceptors (Lipinski definition) is 0. The van der Waals surface area contributed by atoms with Crippen molar-refractivity contribution in [2.75, 3.05) is 0 Å². The average Bonchev–Trinajstić information content (AvgIpc) is 2.80. The summed E-state index contributed by atoms with van der Waals surface area (Å²) < 4.78 is 1.48. The van der Waals surface area contributed by atoms with Crippen LogP contribution in [0.1, 0.15) is 12.8 Å². The second-order valence-corrected chi connectivity index (χ2v) is 8.44. The summed E-state index contributed by atoms with van der Waals surface area (Å²) >= 11 is 13.4. The fourth-order valence-corrected chi connectivity index (χ4v) is 7.18. The van der Waals surface area contributed by atoms with E-state index in [4.69, 9.17) is 23.2 Å². The van der Waals surface area contributed by atoms with Crippen LogP contribution in [0.2, 0.25) is 4.82 Å². The molecule has 2 aliphatic rings. The minimum absolute atomic E-state index is 0.321. The van der Waals surface area contributed by atoms with Crippen LogP contribution in [0.3, 0.4) is 0 Å². The van der Waals surface area contributed by atoms with Crippen LogP contribution in [0.15, 0.2) is 30.3 Å². The van der Waals surface area contributed by atoms with Gasteiger partial charge in [-0.05, 0) is 0 Å². The van der Waals surface area contributed by atoms with E-state index in [1.54, 1.807) is 0 Å². The van der Waals surface area contributed by atoms with Gasteiger partial charge in [0.25, 0.3) is 0 Å². The minimum atomic E-state index is 0.321. The van der Waals surface area contributed by atoms with Crippen LogP contribution in [0, 0.1) is 11.8 Å². The van der Waals surface area contributed by atoms with Crippen molar-refractivity contribution < 1.29 is 0 Å². The third-order valence-electron chi connectivity index (χ3n) is 3.77. The van der Waals surface area contributed by atoms with Gasteiger partial charge in [0.2, 0.25) is 0 Å². The third kappa shape index (κ3) is 1.93. The first-order chi connectivity index (χ1) is 7.75. The molecule has 0 nitrogen and oxygen atoms in total. The van der Waals surface area contributed by atoms with Crippen molar-refractivity contribution in [1.82, 2.24) is 0 Å². The number of alkyl halides is 2. The van der Waals surface area contributed by atoms with Crippen LogP contribution >= 0.6 is 23.2 Å². The molecule has 3 rings (SSSR count). The molecule has 1 aromatic rings. The molecule has 0 heterocycles. The SMILES string of the molecule is Cl[C@@H]1[C@H]2C[C@H](C[C@@H]2Cl)[C@H]1[Se]c1ccccc1. The van der Waals surface area contributed by atoms with Gasteiger partial charge < -0.3 is 0 Å². The molecule has 2 bridgehead atoms. The summed E-state index contributed by atoms with van der Waals surface area (Å²) in [4.78, 5) is 0.705. The quantitative estimate of drug-likeness (QED) is 0.580. The predicted octanol–water partition coefficient (Wildman–Crippen LogP) is 3.06. The Morgan fingerprint density at radius 1 is 1.06 bits per heavy atom. The van der Waals surface area contributed by atoms with Crippen LogP contribution in [0.25, 0.3) is 0 Å². The van der Waals surface area contributed by atoms with E-state index in [1.165, 1.54) is 17.3 Å². The van der Waals surface area contributed by atoms with Crippen LogP contribution in [0.4, 0.5) is 0 Å². The standard InChI is InChI=1S/C13H14Cl2Se/c14-11-7-8-6-10(11)12(15)13(8)16-9-4-2-1-3-5-9/h1-5,8,10-13H,6-7H2/t8-,10+,11+,12-,13-/m1/s1. The molecule has 3 heteroatoms. The summed E-state index contributed by atoms with van der Waals surface area (Å²) in [6.07, 6.45) is 2.45. The Morgan fingerprint density at radius 3 is 2.44 bits per heavy atom. The molecular formula is C13H14Cl2Se. The Kier molecular flexibility index (Phi) is 3.23. The van der Waals surface area contributed by atoms with Gasteiger partial charge in [-0.25, -0.2) is 0 Å². The van der Waals surface area contributed by atoms with E-state index >= 15 is 0 Å². The van der Waals surface area contributed by atoms with Crippen molar-refractivity contribution in [3.63, 3.8) is 0 Å². The summed E-state index contributed by atoms with van der Waals surface area (Å²) in [5.41, 5.74) is 0. The van der Waals surface area contributed by atoms with Crippen molar-refractivity contribution >= 4 is 42.6 Å². The fraction of sp³-hybridized carbons (Fsp3) is 0.538. The van der Waals surface area contributed by atoms with Crippen molar-refractivity contribution in [2.24, 2.45) is 11.8 Å². The van der Waals surface area contributed by atoms with Crippen molar-refractivity contribution in [2.45, 2.75) is 28.4 Å². The molecule has 0 unspecified atom stereocenters. The Balaban J connectivity index is 1.74. The molecule has 1 aromatic carbocycles. The average molecular weight is 320 g/mol. The van der Waals surface area contributed by atoms with E-state index in [2.05, 4.69) is 30.3 Å². The molecule has 5 atom stereocenters. The van der Waals surface area contributed by atoms with Crippen LogP contribution in [-0.4, -0.2) is 25.7 Å². The van der Waals surface area contributed by atoms with E-state index in [9.17, 15) is 0 Å². The second-order valence-electron chi connectivity index (χ2n) is 4.75. The number of halogens is 2. The van der Waals surface area contributed by atoms with E-state index in [-0.39, 0.29) is 0 Å². The predicted molar refractivity (Wildman–Crippen MR) is 71.1 cm³/mol. The first-order valence-electron chi connectivity index (χ1n) is 5.75. The monoisotopic (exact) mass is 320 g/mol. The zero-order valence-corrected chi connectivity index (χ0v) is 12.1. The van der Waals surface area contributed by atoms with E-state index < -0.39 is 0 Å². The first kappa shape index (κ1) is 11.4. The normalized spacial score (nSPS) is 41.5. The molecule has 86 valence electrons. The summed E-state index contributed by atoms with van der Waals surface area (Å²) in [5, 5.41) is 0.664. The fourth-order valence-electron chi connectivity index (χ4n) is 2.98. The molecule has 0 radical (unpaired) electrons. The molecule has 2 aliphatic carbocycles. The topological polar surface area (TPSA) is 0 Å². The summed E-state index contributed by atoms with van der Waals surface area (Å²) in [6, 6.07) is 10.8. The van der Waals surface area contributed by atoms with E-state index in [0.29, 0.717) is 36.4 Å². The molecule has 16 heavy (non-hydrogen) atoms. The zero-order chi connectivity index (χ0) is 11.1. The molecule has 0 aliphatic heterocycles. The van der Waals surface area contributed by atoms with Gasteiger partial charge in [-0.3, -0.25) is 0 Å². The number of benzene rings is 1. The molecule has 2 fully saturated rings. The Bertz CT molecular complexity index is 365. The van der Waals surface area contributed by atoms with E-state index in [1.807, 2.05) is 0 Å². The summed E-state index contributed by atoms with van der Waals surface area (Å²) in [5.74, 6) is 1.36. The van der Waals surface area contributed by atoms with Gasteiger partial charge in [0.05, 0.1) is 0 Å². The molecule has 0 N–H and O–H groups in total. The maximum absolute atomic E-state index is 6.55. The molecule has 0 spiro atoms. The summed E-state index contributed by atoms with van der Waals surface area (Å²) in [7, 11) is 0. The third-order valence-corrected chi connectivity index (χ3v) is 8.34. The number of rotatable bonds is 2. The van der Waals surface area contributed by atoms with Gasteiger partial charge in [0.15, 0.2) is 0 Å². The Morgan fingerprint density at radius 2 is 1.81 bits per heavy atom. The van der Waals surface area contributed by atoms with Gasteiger partial charge in [0.1, 0.15) is 0 Å². The Labute approximate surface area is 113 Å². The van der Waals surface area contributed by atoms with E-state index in [0.717, 1.165) is 5.92 Å². The van der Waals surface area contributed by atoms with Crippen LogP contribution < -0.4 is 4.46 Å². The maximum atomic E-state index is 6.55.